The van der Waals surface area contributed by atoms with Crippen LogP contribution in [-0.2, 0) is 23.4 Å². The molecule has 4 rings (SSSR count). The molecule has 0 unspecified atom stereocenters. The van der Waals surface area contributed by atoms with Crippen molar-refractivity contribution >= 4 is 5.82 Å². The summed E-state index contributed by atoms with van der Waals surface area (Å²) in [7, 11) is 1.77. The second-order valence-electron chi connectivity index (χ2n) is 6.52. The molecule has 0 spiro atoms. The van der Waals surface area contributed by atoms with Crippen LogP contribution in [0.1, 0.15) is 35.1 Å². The molecule has 6 heteroatoms. The van der Waals surface area contributed by atoms with Crippen LogP contribution in [0.3, 0.4) is 0 Å². The number of fused-ring (bicyclic) bond motifs is 1. The number of anilines is 1. The van der Waals surface area contributed by atoms with Gasteiger partial charge in [0.25, 0.3) is 0 Å². The molecular formula is C18H19F2N3O. The van der Waals surface area contributed by atoms with E-state index in [1.807, 2.05) is 0 Å². The van der Waals surface area contributed by atoms with Gasteiger partial charge in [0.05, 0.1) is 18.9 Å². The fourth-order valence-corrected chi connectivity index (χ4v) is 3.38. The Balaban J connectivity index is 1.88. The summed E-state index contributed by atoms with van der Waals surface area (Å²) in [4.78, 5) is 0. The molecule has 1 aromatic heterocycles. The summed E-state index contributed by atoms with van der Waals surface area (Å²) in [6, 6.07) is 3.06. The van der Waals surface area contributed by atoms with Crippen molar-refractivity contribution in [2.75, 3.05) is 19.0 Å². The molecule has 1 saturated carbocycles. The third kappa shape index (κ3) is 2.36. The maximum atomic E-state index is 14.8. The zero-order valence-corrected chi connectivity index (χ0v) is 13.7. The van der Waals surface area contributed by atoms with Gasteiger partial charge in [0.1, 0.15) is 11.5 Å². The van der Waals surface area contributed by atoms with Gasteiger partial charge in [-0.15, -0.1) is 10.2 Å². The Kier molecular flexibility index (Phi) is 3.53. The van der Waals surface area contributed by atoms with E-state index < -0.39 is 11.5 Å². The van der Waals surface area contributed by atoms with E-state index in [4.69, 9.17) is 4.74 Å². The molecule has 0 radical (unpaired) electrons. The average Bonchev–Trinajstić information content (AvgIpc) is 3.33. The average molecular weight is 331 g/mol. The van der Waals surface area contributed by atoms with Crippen LogP contribution >= 0.6 is 0 Å². The van der Waals surface area contributed by atoms with Crippen LogP contribution in [0.2, 0.25) is 0 Å². The fraction of sp³-hybridized carbons (Fsp3) is 0.444. The number of nitrogens with zero attached hydrogens (tertiary/aromatic N) is 2. The van der Waals surface area contributed by atoms with Crippen molar-refractivity contribution in [2.24, 2.45) is 0 Å². The van der Waals surface area contributed by atoms with Crippen LogP contribution in [0.5, 0.6) is 0 Å². The van der Waals surface area contributed by atoms with E-state index >= 15 is 0 Å². The highest BCUT2D eigenvalue weighted by Gasteiger charge is 2.45. The number of aromatic nitrogens is 2. The van der Waals surface area contributed by atoms with E-state index in [0.29, 0.717) is 60.7 Å². The molecule has 1 N–H and O–H groups in total. The molecule has 0 saturated heterocycles. The van der Waals surface area contributed by atoms with E-state index in [1.165, 1.54) is 6.07 Å². The van der Waals surface area contributed by atoms with Gasteiger partial charge in [0.15, 0.2) is 5.82 Å². The number of hydrogen-bond donors (Lipinski definition) is 1. The highest BCUT2D eigenvalue weighted by atomic mass is 19.1. The molecule has 126 valence electrons. The van der Waals surface area contributed by atoms with Gasteiger partial charge < -0.3 is 10.1 Å². The van der Waals surface area contributed by atoms with Crippen molar-refractivity contribution in [3.8, 4) is 11.3 Å². The first-order chi connectivity index (χ1) is 11.5. The maximum Gasteiger partial charge on any atom is 0.154 e. The first kappa shape index (κ1) is 15.4. The molecule has 0 amide bonds. The molecule has 2 aliphatic rings. The number of alkyl halides is 1. The lowest BCUT2D eigenvalue weighted by Gasteiger charge is -2.22. The fourth-order valence-electron chi connectivity index (χ4n) is 3.38. The predicted molar refractivity (Wildman–Crippen MR) is 87.1 cm³/mol. The quantitative estimate of drug-likeness (QED) is 0.932. The van der Waals surface area contributed by atoms with E-state index in [1.54, 1.807) is 20.0 Å². The number of hydrogen-bond acceptors (Lipinski definition) is 4. The van der Waals surface area contributed by atoms with E-state index in [0.717, 1.165) is 11.1 Å². The number of rotatable bonds is 3. The molecule has 2 heterocycles. The van der Waals surface area contributed by atoms with Crippen molar-refractivity contribution in [3.63, 3.8) is 0 Å². The molecule has 1 aliphatic carbocycles. The topological polar surface area (TPSA) is 47.0 Å². The van der Waals surface area contributed by atoms with E-state index in [-0.39, 0.29) is 0 Å². The lowest BCUT2D eigenvalue weighted by molar-refractivity contribution is 0.111. The molecule has 1 aromatic carbocycles. The van der Waals surface area contributed by atoms with Gasteiger partial charge in [-0.25, -0.2) is 8.78 Å². The van der Waals surface area contributed by atoms with Gasteiger partial charge in [0, 0.05) is 18.2 Å². The summed E-state index contributed by atoms with van der Waals surface area (Å²) in [6.07, 6.45) is 1.59. The Labute approximate surface area is 139 Å². The van der Waals surface area contributed by atoms with Crippen LogP contribution in [0.15, 0.2) is 12.1 Å². The Morgan fingerprint density at radius 1 is 1.21 bits per heavy atom. The largest absolute Gasteiger partial charge is 0.376 e. The summed E-state index contributed by atoms with van der Waals surface area (Å²) in [5.41, 5.74) is 2.60. The molecular weight excluding hydrogens is 312 g/mol. The second kappa shape index (κ2) is 5.48. The van der Waals surface area contributed by atoms with Crippen LogP contribution in [0.25, 0.3) is 11.3 Å². The van der Waals surface area contributed by atoms with Crippen molar-refractivity contribution < 1.29 is 13.5 Å². The minimum atomic E-state index is -1.35. The summed E-state index contributed by atoms with van der Waals surface area (Å²) < 4.78 is 34.6. The molecule has 1 fully saturated rings. The predicted octanol–water partition coefficient (Wildman–Crippen LogP) is 3.66. The summed E-state index contributed by atoms with van der Waals surface area (Å²) >= 11 is 0. The Morgan fingerprint density at radius 2 is 2.00 bits per heavy atom. The number of ether oxygens (including phenoxy) is 1. The van der Waals surface area contributed by atoms with Gasteiger partial charge in [-0.3, -0.25) is 0 Å². The van der Waals surface area contributed by atoms with Crippen molar-refractivity contribution in [3.05, 3.63) is 40.2 Å². The lowest BCUT2D eigenvalue weighted by Crippen LogP contribution is -2.16. The lowest BCUT2D eigenvalue weighted by atomic mass is 9.93. The molecule has 24 heavy (non-hydrogen) atoms. The molecule has 1 aliphatic heterocycles. The third-order valence-electron chi connectivity index (χ3n) is 4.90. The monoisotopic (exact) mass is 331 g/mol. The molecule has 2 aromatic rings. The Morgan fingerprint density at radius 3 is 2.67 bits per heavy atom. The van der Waals surface area contributed by atoms with E-state index in [9.17, 15) is 8.78 Å². The molecule has 0 bridgehead atoms. The van der Waals surface area contributed by atoms with Gasteiger partial charge >= 0.3 is 0 Å². The summed E-state index contributed by atoms with van der Waals surface area (Å²) in [5.74, 6) is 0.220. The van der Waals surface area contributed by atoms with Gasteiger partial charge in [-0.2, -0.15) is 0 Å². The van der Waals surface area contributed by atoms with Gasteiger partial charge in [-0.1, -0.05) is 6.07 Å². The number of benzene rings is 1. The minimum Gasteiger partial charge on any atom is -0.376 e. The van der Waals surface area contributed by atoms with E-state index in [2.05, 4.69) is 15.5 Å². The number of halogens is 2. The Hall–Kier alpha value is -2.08. The van der Waals surface area contributed by atoms with Crippen LogP contribution in [-0.4, -0.2) is 23.9 Å². The van der Waals surface area contributed by atoms with Crippen LogP contribution in [0, 0.1) is 12.7 Å². The van der Waals surface area contributed by atoms with Crippen molar-refractivity contribution in [2.45, 2.75) is 38.5 Å². The summed E-state index contributed by atoms with van der Waals surface area (Å²) in [6.45, 7) is 2.80. The maximum absolute atomic E-state index is 14.8. The van der Waals surface area contributed by atoms with Crippen molar-refractivity contribution in [1.82, 2.24) is 10.2 Å². The van der Waals surface area contributed by atoms with Crippen LogP contribution in [0.4, 0.5) is 14.6 Å². The second-order valence-corrected chi connectivity index (χ2v) is 6.52. The normalized spacial score (nSPS) is 18.2. The minimum absolute atomic E-state index is 0.413. The smallest absolute Gasteiger partial charge is 0.154 e. The first-order valence-corrected chi connectivity index (χ1v) is 8.17. The number of aryl methyl sites for hydroxylation is 1. The zero-order valence-electron chi connectivity index (χ0n) is 13.7. The zero-order chi connectivity index (χ0) is 16.9. The SMILES string of the molecule is CNc1nnc(-c2c(C)cc(C3(F)CC3)cc2F)c2c1COCC2. The van der Waals surface area contributed by atoms with Crippen LogP contribution < -0.4 is 5.32 Å². The standard InChI is InChI=1S/C18H19F2N3O/c1-10-7-11(18(20)4-5-18)8-14(19)15(10)16-12-3-6-24-9-13(12)17(21-2)23-22-16/h7-8H,3-6,9H2,1-2H3,(H,21,23). The van der Waals surface area contributed by atoms with Gasteiger partial charge in [0.2, 0.25) is 0 Å². The van der Waals surface area contributed by atoms with Gasteiger partial charge in [-0.05, 0) is 48.9 Å². The van der Waals surface area contributed by atoms with Crippen molar-refractivity contribution in [1.29, 1.82) is 0 Å². The highest BCUT2D eigenvalue weighted by Crippen LogP contribution is 2.50. The molecule has 0 atom stereocenters. The number of nitrogens with one attached hydrogen (secondary N) is 1. The Bertz CT molecular complexity index is 795. The third-order valence-corrected chi connectivity index (χ3v) is 4.90. The summed E-state index contributed by atoms with van der Waals surface area (Å²) in [5, 5.41) is 11.4. The highest BCUT2D eigenvalue weighted by molar-refractivity contribution is 5.71. The first-order valence-electron chi connectivity index (χ1n) is 8.17. The molecule has 4 nitrogen and oxygen atoms in total.